The van der Waals surface area contributed by atoms with Crippen molar-refractivity contribution >= 4 is 11.6 Å². The van der Waals surface area contributed by atoms with E-state index in [2.05, 4.69) is 53.4 Å². The highest BCUT2D eigenvalue weighted by atomic mass is 15.3. The van der Waals surface area contributed by atoms with Crippen LogP contribution in [0.5, 0.6) is 0 Å². The van der Waals surface area contributed by atoms with Gasteiger partial charge in [-0.05, 0) is 13.6 Å². The second kappa shape index (κ2) is 7.13. The van der Waals surface area contributed by atoms with Crippen molar-refractivity contribution in [3.05, 3.63) is 11.9 Å². The Labute approximate surface area is 109 Å². The predicted molar refractivity (Wildman–Crippen MR) is 75.6 cm³/mol. The summed E-state index contributed by atoms with van der Waals surface area (Å²) in [4.78, 5) is 11.0. The molecule has 0 spiro atoms. The highest BCUT2D eigenvalue weighted by molar-refractivity contribution is 5.47. The van der Waals surface area contributed by atoms with Gasteiger partial charge in [0.1, 0.15) is 17.5 Å². The van der Waals surface area contributed by atoms with Gasteiger partial charge in [-0.3, -0.25) is 0 Å². The van der Waals surface area contributed by atoms with E-state index in [1.807, 2.05) is 6.07 Å². The van der Waals surface area contributed by atoms with E-state index < -0.39 is 0 Å². The summed E-state index contributed by atoms with van der Waals surface area (Å²) in [6.45, 7) is 9.12. The zero-order valence-corrected chi connectivity index (χ0v) is 11.7. The molecule has 6 heteroatoms. The van der Waals surface area contributed by atoms with E-state index in [4.69, 9.17) is 5.84 Å². The van der Waals surface area contributed by atoms with Crippen LogP contribution < -0.4 is 16.6 Å². The van der Waals surface area contributed by atoms with Crippen molar-refractivity contribution in [2.75, 3.05) is 37.4 Å². The van der Waals surface area contributed by atoms with Gasteiger partial charge in [0.05, 0.1) is 0 Å². The zero-order chi connectivity index (χ0) is 13.5. The highest BCUT2D eigenvalue weighted by Crippen LogP contribution is 2.16. The largest absolute Gasteiger partial charge is 0.369 e. The normalized spacial score (nSPS) is 11.1. The van der Waals surface area contributed by atoms with Crippen molar-refractivity contribution in [2.45, 2.75) is 26.7 Å². The third kappa shape index (κ3) is 4.46. The van der Waals surface area contributed by atoms with Crippen LogP contribution in [0.3, 0.4) is 0 Å². The number of hydrogen-bond acceptors (Lipinski definition) is 6. The second-order valence-electron chi connectivity index (χ2n) is 4.62. The Balaban J connectivity index is 2.66. The molecule has 102 valence electrons. The Morgan fingerprint density at radius 1 is 1.33 bits per heavy atom. The first-order chi connectivity index (χ1) is 8.56. The van der Waals surface area contributed by atoms with Gasteiger partial charge in [-0.15, -0.1) is 0 Å². The second-order valence-corrected chi connectivity index (χ2v) is 4.62. The summed E-state index contributed by atoms with van der Waals surface area (Å²) < 4.78 is 0. The van der Waals surface area contributed by atoms with Gasteiger partial charge in [0.25, 0.3) is 0 Å². The van der Waals surface area contributed by atoms with Crippen molar-refractivity contribution in [1.82, 2.24) is 14.9 Å². The highest BCUT2D eigenvalue weighted by Gasteiger charge is 2.07. The number of likely N-dealkylation sites (N-methyl/N-ethyl adjacent to an activating group) is 1. The molecule has 1 heterocycles. The molecule has 0 aromatic carbocycles. The number of anilines is 2. The molecule has 1 aromatic rings. The molecule has 0 radical (unpaired) electrons. The molecule has 0 unspecified atom stereocenters. The van der Waals surface area contributed by atoms with E-state index in [1.165, 1.54) is 0 Å². The summed E-state index contributed by atoms with van der Waals surface area (Å²) in [5.74, 6) is 7.92. The maximum absolute atomic E-state index is 5.41. The molecule has 0 saturated carbocycles. The molecular formula is C12H24N6. The van der Waals surface area contributed by atoms with Crippen LogP contribution in [0.25, 0.3) is 0 Å². The molecule has 0 aliphatic rings. The van der Waals surface area contributed by atoms with Crippen molar-refractivity contribution in [1.29, 1.82) is 0 Å². The molecule has 1 rings (SSSR count). The van der Waals surface area contributed by atoms with E-state index in [0.29, 0.717) is 5.82 Å². The third-order valence-corrected chi connectivity index (χ3v) is 2.75. The fraction of sp³-hybridized carbons (Fsp3) is 0.667. The Kier molecular flexibility index (Phi) is 5.80. The number of nitrogens with one attached hydrogen (secondary N) is 2. The van der Waals surface area contributed by atoms with Crippen LogP contribution >= 0.6 is 0 Å². The van der Waals surface area contributed by atoms with Crippen LogP contribution in [-0.2, 0) is 0 Å². The lowest BCUT2D eigenvalue weighted by Gasteiger charge is -2.15. The number of hydrogen-bond donors (Lipinski definition) is 3. The van der Waals surface area contributed by atoms with Gasteiger partial charge in [-0.1, -0.05) is 20.8 Å². The number of rotatable bonds is 7. The van der Waals surface area contributed by atoms with Gasteiger partial charge < -0.3 is 15.6 Å². The van der Waals surface area contributed by atoms with Crippen LogP contribution in [0.4, 0.5) is 11.6 Å². The van der Waals surface area contributed by atoms with E-state index in [1.54, 1.807) is 0 Å². The van der Waals surface area contributed by atoms with Crippen LogP contribution in [0.2, 0.25) is 0 Å². The molecular weight excluding hydrogens is 228 g/mol. The molecule has 1 aromatic heterocycles. The smallest absolute Gasteiger partial charge is 0.145 e. The first kappa shape index (κ1) is 14.7. The molecule has 6 nitrogen and oxygen atoms in total. The molecule has 0 bridgehead atoms. The molecule has 0 aliphatic carbocycles. The molecule has 18 heavy (non-hydrogen) atoms. The van der Waals surface area contributed by atoms with Crippen LogP contribution in [-0.4, -0.2) is 41.5 Å². The van der Waals surface area contributed by atoms with E-state index in [-0.39, 0.29) is 5.92 Å². The lowest BCUT2D eigenvalue weighted by atomic mass is 10.2. The molecule has 4 N–H and O–H groups in total. The minimum Gasteiger partial charge on any atom is -0.369 e. The van der Waals surface area contributed by atoms with Crippen molar-refractivity contribution in [3.63, 3.8) is 0 Å². The van der Waals surface area contributed by atoms with Gasteiger partial charge in [-0.25, -0.2) is 15.8 Å². The van der Waals surface area contributed by atoms with E-state index in [0.717, 1.165) is 31.3 Å². The lowest BCUT2D eigenvalue weighted by molar-refractivity contribution is 0.367. The predicted octanol–water partition coefficient (Wildman–Crippen LogP) is 1.25. The minimum atomic E-state index is 0.275. The number of nitrogens with two attached hydrogens (primary N) is 1. The average Bonchev–Trinajstić information content (AvgIpc) is 2.37. The number of nitrogen functional groups attached to an aromatic ring is 1. The minimum absolute atomic E-state index is 0.275. The zero-order valence-electron chi connectivity index (χ0n) is 11.7. The maximum atomic E-state index is 5.41. The molecule has 0 saturated heterocycles. The molecule has 0 amide bonds. The maximum Gasteiger partial charge on any atom is 0.145 e. The van der Waals surface area contributed by atoms with Gasteiger partial charge in [0, 0.05) is 25.1 Å². The molecule has 0 atom stereocenters. The van der Waals surface area contributed by atoms with Crippen molar-refractivity contribution in [2.24, 2.45) is 5.84 Å². The van der Waals surface area contributed by atoms with E-state index >= 15 is 0 Å². The van der Waals surface area contributed by atoms with Gasteiger partial charge in [0.2, 0.25) is 0 Å². The summed E-state index contributed by atoms with van der Waals surface area (Å²) in [5.41, 5.74) is 2.57. The molecule has 0 fully saturated rings. The third-order valence-electron chi connectivity index (χ3n) is 2.75. The van der Waals surface area contributed by atoms with Crippen LogP contribution in [0.1, 0.15) is 32.5 Å². The van der Waals surface area contributed by atoms with Gasteiger partial charge in [-0.2, -0.15) is 0 Å². The SMILES string of the molecule is CCN(C)CCNc1cc(NN)nc(C(C)C)n1. The van der Waals surface area contributed by atoms with Gasteiger partial charge >= 0.3 is 0 Å². The molecule has 0 aliphatic heterocycles. The summed E-state index contributed by atoms with van der Waals surface area (Å²) in [6, 6.07) is 1.82. The Morgan fingerprint density at radius 2 is 2.00 bits per heavy atom. The van der Waals surface area contributed by atoms with Gasteiger partial charge in [0.15, 0.2) is 0 Å². The lowest BCUT2D eigenvalue weighted by Crippen LogP contribution is -2.25. The number of nitrogens with zero attached hydrogens (tertiary/aromatic N) is 3. The Bertz CT molecular complexity index is 366. The Hall–Kier alpha value is -1.40. The first-order valence-electron chi connectivity index (χ1n) is 6.34. The van der Waals surface area contributed by atoms with Crippen LogP contribution in [0, 0.1) is 0 Å². The fourth-order valence-electron chi connectivity index (χ4n) is 1.42. The van der Waals surface area contributed by atoms with E-state index in [9.17, 15) is 0 Å². The monoisotopic (exact) mass is 252 g/mol. The first-order valence-corrected chi connectivity index (χ1v) is 6.34. The summed E-state index contributed by atoms with van der Waals surface area (Å²) >= 11 is 0. The summed E-state index contributed by atoms with van der Waals surface area (Å²) in [5, 5.41) is 3.29. The standard InChI is InChI=1S/C12H24N6/c1-5-18(4)7-6-14-10-8-11(17-13)16-12(15-10)9(2)3/h8-9H,5-7,13H2,1-4H3,(H2,14,15,16,17). The van der Waals surface area contributed by atoms with Crippen molar-refractivity contribution in [3.8, 4) is 0 Å². The fourth-order valence-corrected chi connectivity index (χ4v) is 1.42. The topological polar surface area (TPSA) is 79.1 Å². The van der Waals surface area contributed by atoms with Crippen molar-refractivity contribution < 1.29 is 0 Å². The number of aromatic nitrogens is 2. The average molecular weight is 252 g/mol. The Morgan fingerprint density at radius 3 is 2.56 bits per heavy atom. The summed E-state index contributed by atoms with van der Waals surface area (Å²) in [7, 11) is 2.09. The summed E-state index contributed by atoms with van der Waals surface area (Å²) in [6.07, 6.45) is 0. The number of hydrazine groups is 1. The quantitative estimate of drug-likeness (QED) is 0.501. The van der Waals surface area contributed by atoms with Crippen LogP contribution in [0.15, 0.2) is 6.07 Å².